The Morgan fingerprint density at radius 1 is 1.28 bits per heavy atom. The Labute approximate surface area is 175 Å². The number of carbonyl (C=O) groups is 1. The summed E-state index contributed by atoms with van der Waals surface area (Å²) < 4.78 is 19.8. The van der Waals surface area contributed by atoms with Crippen molar-refractivity contribution in [1.29, 1.82) is 5.26 Å². The van der Waals surface area contributed by atoms with Crippen LogP contribution in [0.2, 0.25) is 5.02 Å². The first kappa shape index (κ1) is 21.2. The molecule has 1 aromatic carbocycles. The van der Waals surface area contributed by atoms with E-state index in [-0.39, 0.29) is 16.6 Å². The molecule has 0 unspecified atom stereocenters. The number of nitriles is 1. The molecule has 7 heteroatoms. The number of halogens is 2. The minimum absolute atomic E-state index is 0.0401. The summed E-state index contributed by atoms with van der Waals surface area (Å²) in [6.07, 6.45) is 6.36. The molecule has 0 bridgehead atoms. The van der Waals surface area contributed by atoms with Crippen LogP contribution in [0.25, 0.3) is 11.1 Å². The lowest BCUT2D eigenvalue weighted by Crippen LogP contribution is -2.44. The number of carbonyl (C=O) groups excluding carboxylic acids is 1. The molecule has 1 aliphatic carbocycles. The lowest BCUT2D eigenvalue weighted by Gasteiger charge is -2.34. The van der Waals surface area contributed by atoms with Crippen LogP contribution in [-0.2, 0) is 4.74 Å². The van der Waals surface area contributed by atoms with Gasteiger partial charge in [0.25, 0.3) is 0 Å². The molecule has 0 atom stereocenters. The number of anilines is 1. The van der Waals surface area contributed by atoms with E-state index in [0.29, 0.717) is 16.9 Å². The van der Waals surface area contributed by atoms with Crippen molar-refractivity contribution in [3.63, 3.8) is 0 Å². The molecule has 1 saturated carbocycles. The summed E-state index contributed by atoms with van der Waals surface area (Å²) in [6.45, 7) is 5.51. The van der Waals surface area contributed by atoms with Crippen molar-refractivity contribution in [2.45, 2.75) is 64.5 Å². The molecule has 29 heavy (non-hydrogen) atoms. The molecule has 1 amide bonds. The molecule has 0 spiro atoms. The number of rotatable bonds is 3. The van der Waals surface area contributed by atoms with Gasteiger partial charge in [-0.1, -0.05) is 30.9 Å². The van der Waals surface area contributed by atoms with Gasteiger partial charge in [0.15, 0.2) is 0 Å². The summed E-state index contributed by atoms with van der Waals surface area (Å²) >= 11 is 6.26. The minimum Gasteiger partial charge on any atom is -0.443 e. The highest BCUT2D eigenvalue weighted by atomic mass is 35.5. The molecule has 1 aromatic heterocycles. The zero-order chi connectivity index (χ0) is 21.2. The Morgan fingerprint density at radius 3 is 2.59 bits per heavy atom. The number of benzene rings is 1. The molecule has 1 N–H and O–H groups in total. The zero-order valence-corrected chi connectivity index (χ0v) is 17.6. The lowest BCUT2D eigenvalue weighted by molar-refractivity contribution is 0.0557. The second kappa shape index (κ2) is 8.46. The van der Waals surface area contributed by atoms with Crippen LogP contribution in [0.3, 0.4) is 0 Å². The Morgan fingerprint density at radius 2 is 1.97 bits per heavy atom. The van der Waals surface area contributed by atoms with Gasteiger partial charge in [-0.25, -0.2) is 9.18 Å². The van der Waals surface area contributed by atoms with Crippen LogP contribution in [0.1, 0.15) is 58.4 Å². The zero-order valence-electron chi connectivity index (χ0n) is 16.9. The van der Waals surface area contributed by atoms with E-state index in [4.69, 9.17) is 21.6 Å². The van der Waals surface area contributed by atoms with Crippen molar-refractivity contribution in [2.75, 3.05) is 4.90 Å². The van der Waals surface area contributed by atoms with Crippen molar-refractivity contribution < 1.29 is 13.9 Å². The Hall–Kier alpha value is -2.52. The van der Waals surface area contributed by atoms with Crippen molar-refractivity contribution in [3.8, 4) is 17.2 Å². The van der Waals surface area contributed by atoms with Gasteiger partial charge >= 0.3 is 6.09 Å². The summed E-state index contributed by atoms with van der Waals surface area (Å²) in [5.74, 6) is -0.0482. The monoisotopic (exact) mass is 417 g/mol. The normalized spacial score (nSPS) is 15.0. The van der Waals surface area contributed by atoms with Gasteiger partial charge in [-0.05, 0) is 51.8 Å². The molecular formula is C22H25ClFN3O2. The van der Waals surface area contributed by atoms with Crippen LogP contribution in [0.15, 0.2) is 24.4 Å². The third kappa shape index (κ3) is 4.91. The van der Waals surface area contributed by atoms with Gasteiger partial charge in [0.05, 0.1) is 5.56 Å². The topological polar surface area (TPSA) is 69.1 Å². The van der Waals surface area contributed by atoms with Gasteiger partial charge < -0.3 is 9.72 Å². The van der Waals surface area contributed by atoms with Crippen molar-refractivity contribution in [3.05, 3.63) is 40.8 Å². The first-order chi connectivity index (χ1) is 13.7. The number of nitrogens with zero attached hydrogens (tertiary/aromatic N) is 2. The quantitative estimate of drug-likeness (QED) is 0.626. The van der Waals surface area contributed by atoms with E-state index in [1.54, 1.807) is 23.2 Å². The Balaban J connectivity index is 1.96. The molecule has 1 fully saturated rings. The van der Waals surface area contributed by atoms with Crippen LogP contribution in [0.4, 0.5) is 15.0 Å². The van der Waals surface area contributed by atoms with E-state index in [2.05, 4.69) is 4.98 Å². The number of ether oxygens (including phenoxy) is 1. The molecule has 5 nitrogen and oxygen atoms in total. The molecule has 0 radical (unpaired) electrons. The van der Waals surface area contributed by atoms with Gasteiger partial charge in [-0.2, -0.15) is 5.26 Å². The predicted molar refractivity (Wildman–Crippen MR) is 111 cm³/mol. The molecule has 1 aliphatic rings. The summed E-state index contributed by atoms with van der Waals surface area (Å²) in [6, 6.07) is 6.14. The predicted octanol–water partition coefficient (Wildman–Crippen LogP) is 6.42. The lowest BCUT2D eigenvalue weighted by atomic mass is 9.94. The maximum absolute atomic E-state index is 14.1. The van der Waals surface area contributed by atoms with E-state index < -0.39 is 17.5 Å². The number of nitrogens with one attached hydrogen (secondary N) is 1. The first-order valence-electron chi connectivity index (χ1n) is 9.80. The number of aromatic amines is 1. The number of aromatic nitrogens is 1. The van der Waals surface area contributed by atoms with Gasteiger partial charge in [-0.15, -0.1) is 0 Å². The average Bonchev–Trinajstić information content (AvgIpc) is 3.12. The van der Waals surface area contributed by atoms with Crippen molar-refractivity contribution in [2.24, 2.45) is 0 Å². The second-order valence-corrected chi connectivity index (χ2v) is 8.75. The molecule has 2 aromatic rings. The maximum atomic E-state index is 14.1. The van der Waals surface area contributed by atoms with Crippen LogP contribution >= 0.6 is 11.6 Å². The Bertz CT molecular complexity index is 937. The van der Waals surface area contributed by atoms with Gasteiger partial charge in [0, 0.05) is 28.4 Å². The highest BCUT2D eigenvalue weighted by Gasteiger charge is 2.31. The molecule has 0 saturated heterocycles. The summed E-state index contributed by atoms with van der Waals surface area (Å²) in [4.78, 5) is 17.8. The number of H-pyrrole nitrogens is 1. The van der Waals surface area contributed by atoms with Gasteiger partial charge in [0.1, 0.15) is 23.3 Å². The SMILES string of the molecule is CC(C)(C)OC(=O)N(c1cc(-c2cc(F)c(C#N)cc2Cl)c[nH]1)C1CCCCC1. The van der Waals surface area contributed by atoms with Crippen LogP contribution in [-0.4, -0.2) is 22.7 Å². The van der Waals surface area contributed by atoms with Crippen molar-refractivity contribution >= 4 is 23.5 Å². The highest BCUT2D eigenvalue weighted by Crippen LogP contribution is 2.35. The fourth-order valence-electron chi connectivity index (χ4n) is 3.63. The molecule has 0 aliphatic heterocycles. The third-order valence-corrected chi connectivity index (χ3v) is 5.26. The molecule has 1 heterocycles. The average molecular weight is 418 g/mol. The standard InChI is InChI=1S/C22H25ClFN3O2/c1-22(2,3)29-21(28)27(16-7-5-4-6-8-16)20-10-15(13-26-20)17-11-19(24)14(12-25)9-18(17)23/h9-11,13,16,26H,4-8H2,1-3H3. The van der Waals surface area contributed by atoms with Crippen LogP contribution in [0, 0.1) is 17.1 Å². The Kier molecular flexibility index (Phi) is 6.18. The first-order valence-corrected chi connectivity index (χ1v) is 10.2. The number of hydrogen-bond acceptors (Lipinski definition) is 3. The smallest absolute Gasteiger partial charge is 0.416 e. The van der Waals surface area contributed by atoms with E-state index in [1.807, 2.05) is 20.8 Å². The van der Waals surface area contributed by atoms with E-state index in [0.717, 1.165) is 32.1 Å². The second-order valence-electron chi connectivity index (χ2n) is 8.34. The summed E-state index contributed by atoms with van der Waals surface area (Å²) in [5, 5.41) is 9.24. The fraction of sp³-hybridized carbons (Fsp3) is 0.455. The van der Waals surface area contributed by atoms with E-state index in [9.17, 15) is 9.18 Å². The molecular weight excluding hydrogens is 393 g/mol. The van der Waals surface area contributed by atoms with Gasteiger partial charge in [0.2, 0.25) is 0 Å². The van der Waals surface area contributed by atoms with Crippen molar-refractivity contribution in [1.82, 2.24) is 4.98 Å². The van der Waals surface area contributed by atoms with Gasteiger partial charge in [-0.3, -0.25) is 4.90 Å². The summed E-state index contributed by atoms with van der Waals surface area (Å²) in [5.41, 5.74) is 0.377. The third-order valence-electron chi connectivity index (χ3n) is 4.95. The van der Waals surface area contributed by atoms with E-state index in [1.165, 1.54) is 12.1 Å². The number of amides is 1. The molecule has 3 rings (SSSR count). The summed E-state index contributed by atoms with van der Waals surface area (Å²) in [7, 11) is 0. The molecule has 154 valence electrons. The largest absolute Gasteiger partial charge is 0.443 e. The maximum Gasteiger partial charge on any atom is 0.416 e. The van der Waals surface area contributed by atoms with E-state index >= 15 is 0 Å². The van der Waals surface area contributed by atoms with Crippen LogP contribution < -0.4 is 4.90 Å². The highest BCUT2D eigenvalue weighted by molar-refractivity contribution is 6.33. The minimum atomic E-state index is -0.633. The van der Waals surface area contributed by atoms with Crippen LogP contribution in [0.5, 0.6) is 0 Å². The number of hydrogen-bond donors (Lipinski definition) is 1. The fourth-order valence-corrected chi connectivity index (χ4v) is 3.90.